The fourth-order valence-corrected chi connectivity index (χ4v) is 1.47. The molecule has 8 nitrogen and oxygen atoms in total. The summed E-state index contributed by atoms with van der Waals surface area (Å²) in [5.41, 5.74) is -0.0679. The summed E-state index contributed by atoms with van der Waals surface area (Å²) in [6.45, 7) is 0. The van der Waals surface area contributed by atoms with Gasteiger partial charge < -0.3 is 14.3 Å². The maximum Gasteiger partial charge on any atom is 0.357 e. The highest BCUT2D eigenvalue weighted by molar-refractivity contribution is 5.85. The Balaban J connectivity index is 2.48. The van der Waals surface area contributed by atoms with Gasteiger partial charge in [-0.2, -0.15) is 0 Å². The first kappa shape index (κ1) is 12.6. The first-order valence-electron chi connectivity index (χ1n) is 5.04. The average molecular weight is 264 g/mol. The zero-order valence-corrected chi connectivity index (χ0v) is 9.69. The van der Waals surface area contributed by atoms with Gasteiger partial charge in [0.2, 0.25) is 5.89 Å². The van der Waals surface area contributed by atoms with Gasteiger partial charge in [0.1, 0.15) is 12.0 Å². The predicted octanol–water partition coefficient (Wildman–Crippen LogP) is 1.96. The Kier molecular flexibility index (Phi) is 3.15. The van der Waals surface area contributed by atoms with Gasteiger partial charge in [-0.1, -0.05) is 0 Å². The van der Waals surface area contributed by atoms with Crippen molar-refractivity contribution in [2.24, 2.45) is 0 Å². The fraction of sp³-hybridized carbons (Fsp3) is 0.0909. The lowest BCUT2D eigenvalue weighted by Crippen LogP contribution is -1.96. The van der Waals surface area contributed by atoms with Crippen LogP contribution in [0.4, 0.5) is 5.69 Å². The van der Waals surface area contributed by atoms with Crippen LogP contribution in [0.2, 0.25) is 0 Å². The monoisotopic (exact) mass is 264 g/mol. The SMILES string of the molecule is COc1cc([N+](=O)[O-])ccc1-c1nc(C(=O)O)co1. The molecule has 0 aliphatic carbocycles. The zero-order valence-electron chi connectivity index (χ0n) is 9.69. The fourth-order valence-electron chi connectivity index (χ4n) is 1.47. The van der Waals surface area contributed by atoms with E-state index in [4.69, 9.17) is 14.3 Å². The topological polar surface area (TPSA) is 116 Å². The van der Waals surface area contributed by atoms with Crippen LogP contribution in [-0.4, -0.2) is 28.1 Å². The van der Waals surface area contributed by atoms with Crippen LogP contribution in [0.5, 0.6) is 5.75 Å². The maximum absolute atomic E-state index is 10.7. The number of carboxylic acids is 1. The van der Waals surface area contributed by atoms with Crippen LogP contribution in [0.15, 0.2) is 28.9 Å². The van der Waals surface area contributed by atoms with Crippen LogP contribution >= 0.6 is 0 Å². The number of aromatic nitrogens is 1. The van der Waals surface area contributed by atoms with Crippen molar-refractivity contribution in [3.05, 3.63) is 40.3 Å². The molecule has 1 aromatic carbocycles. The molecule has 1 N–H and O–H groups in total. The van der Waals surface area contributed by atoms with E-state index in [2.05, 4.69) is 4.98 Å². The van der Waals surface area contributed by atoms with Gasteiger partial charge in [-0.15, -0.1) is 0 Å². The highest BCUT2D eigenvalue weighted by Gasteiger charge is 2.18. The second-order valence-corrected chi connectivity index (χ2v) is 3.48. The smallest absolute Gasteiger partial charge is 0.357 e. The maximum atomic E-state index is 10.7. The van der Waals surface area contributed by atoms with Crippen LogP contribution in [0.25, 0.3) is 11.5 Å². The van der Waals surface area contributed by atoms with Crippen LogP contribution in [0.3, 0.4) is 0 Å². The largest absolute Gasteiger partial charge is 0.496 e. The Bertz CT molecular complexity index is 648. The van der Waals surface area contributed by atoms with Crippen molar-refractivity contribution in [1.82, 2.24) is 4.98 Å². The number of non-ortho nitro benzene ring substituents is 1. The van der Waals surface area contributed by atoms with Gasteiger partial charge in [-0.3, -0.25) is 10.1 Å². The zero-order chi connectivity index (χ0) is 14.0. The molecule has 0 aliphatic heterocycles. The predicted molar refractivity (Wildman–Crippen MR) is 62.1 cm³/mol. The molecule has 0 fully saturated rings. The Morgan fingerprint density at radius 1 is 1.53 bits per heavy atom. The normalized spacial score (nSPS) is 10.2. The van der Waals surface area contributed by atoms with Crippen molar-refractivity contribution >= 4 is 11.7 Å². The van der Waals surface area contributed by atoms with Gasteiger partial charge in [0.05, 0.1) is 23.7 Å². The number of ether oxygens (including phenoxy) is 1. The molecule has 0 spiro atoms. The second-order valence-electron chi connectivity index (χ2n) is 3.48. The third-order valence-electron chi connectivity index (χ3n) is 2.35. The molecule has 8 heteroatoms. The lowest BCUT2D eigenvalue weighted by atomic mass is 10.2. The van der Waals surface area contributed by atoms with E-state index in [0.29, 0.717) is 5.56 Å². The third-order valence-corrected chi connectivity index (χ3v) is 2.35. The number of benzene rings is 1. The number of oxazole rings is 1. The summed E-state index contributed by atoms with van der Waals surface area (Å²) in [6, 6.07) is 3.84. The molecule has 1 aromatic heterocycles. The number of aromatic carboxylic acids is 1. The second kappa shape index (κ2) is 4.77. The minimum atomic E-state index is -1.23. The summed E-state index contributed by atoms with van der Waals surface area (Å²) in [6.07, 6.45) is 0.985. The summed E-state index contributed by atoms with van der Waals surface area (Å²) >= 11 is 0. The van der Waals surface area contributed by atoms with Crippen molar-refractivity contribution in [1.29, 1.82) is 0 Å². The number of carbonyl (C=O) groups is 1. The number of carboxylic acid groups (broad SMARTS) is 1. The molecule has 2 rings (SSSR count). The Morgan fingerprint density at radius 2 is 2.26 bits per heavy atom. The molecule has 0 atom stereocenters. The van der Waals surface area contributed by atoms with E-state index in [1.165, 1.54) is 25.3 Å². The molecule has 0 saturated carbocycles. The lowest BCUT2D eigenvalue weighted by molar-refractivity contribution is -0.384. The third kappa shape index (κ3) is 2.37. The molecule has 19 heavy (non-hydrogen) atoms. The molecule has 0 saturated heterocycles. The van der Waals surface area contributed by atoms with Crippen molar-refractivity contribution in [3.63, 3.8) is 0 Å². The van der Waals surface area contributed by atoms with Gasteiger partial charge in [0.25, 0.3) is 5.69 Å². The molecule has 98 valence electrons. The molecule has 1 heterocycles. The number of methoxy groups -OCH3 is 1. The first-order valence-corrected chi connectivity index (χ1v) is 5.04. The number of nitro benzene ring substituents is 1. The number of nitrogens with zero attached hydrogens (tertiary/aromatic N) is 2. The highest BCUT2D eigenvalue weighted by atomic mass is 16.6. The number of hydrogen-bond donors (Lipinski definition) is 1. The summed E-state index contributed by atoms with van der Waals surface area (Å²) in [5, 5.41) is 19.4. The quantitative estimate of drug-likeness (QED) is 0.662. The van der Waals surface area contributed by atoms with Gasteiger partial charge in [-0.05, 0) is 6.07 Å². The van der Waals surface area contributed by atoms with Crippen LogP contribution < -0.4 is 4.74 Å². The molecular formula is C11H8N2O6. The van der Waals surface area contributed by atoms with Gasteiger partial charge in [0.15, 0.2) is 5.69 Å². The highest BCUT2D eigenvalue weighted by Crippen LogP contribution is 2.32. The Hall–Kier alpha value is -2.90. The van der Waals surface area contributed by atoms with E-state index < -0.39 is 10.9 Å². The minimum Gasteiger partial charge on any atom is -0.496 e. The summed E-state index contributed by atoms with van der Waals surface area (Å²) in [4.78, 5) is 24.5. The Morgan fingerprint density at radius 3 is 2.79 bits per heavy atom. The van der Waals surface area contributed by atoms with Crippen molar-refractivity contribution < 1.29 is 24.0 Å². The van der Waals surface area contributed by atoms with E-state index >= 15 is 0 Å². The molecule has 0 aliphatic rings. The van der Waals surface area contributed by atoms with E-state index in [1.54, 1.807) is 0 Å². The van der Waals surface area contributed by atoms with Crippen LogP contribution in [-0.2, 0) is 0 Å². The number of hydrogen-bond acceptors (Lipinski definition) is 6. The molecule has 2 aromatic rings. The summed E-state index contributed by atoms with van der Waals surface area (Å²) in [5.74, 6) is -1.03. The van der Waals surface area contributed by atoms with Gasteiger partial charge in [-0.25, -0.2) is 9.78 Å². The van der Waals surface area contributed by atoms with Crippen molar-refractivity contribution in [2.45, 2.75) is 0 Å². The minimum absolute atomic E-state index is 0.0177. The first-order chi connectivity index (χ1) is 9.02. The van der Waals surface area contributed by atoms with E-state index in [1.807, 2.05) is 0 Å². The number of rotatable bonds is 4. The molecule has 0 unspecified atom stereocenters. The van der Waals surface area contributed by atoms with E-state index in [0.717, 1.165) is 6.26 Å². The van der Waals surface area contributed by atoms with Crippen molar-refractivity contribution in [2.75, 3.05) is 7.11 Å². The Labute approximate surface area is 106 Å². The molecular weight excluding hydrogens is 256 g/mol. The van der Waals surface area contributed by atoms with Crippen LogP contribution in [0.1, 0.15) is 10.5 Å². The molecule has 0 bridgehead atoms. The summed E-state index contributed by atoms with van der Waals surface area (Å²) < 4.78 is 10.0. The van der Waals surface area contributed by atoms with E-state index in [-0.39, 0.29) is 23.0 Å². The van der Waals surface area contributed by atoms with E-state index in [9.17, 15) is 14.9 Å². The standard InChI is InChI=1S/C11H8N2O6/c1-18-9-4-6(13(16)17)2-3-7(9)10-12-8(5-19-10)11(14)15/h2-5H,1H3,(H,14,15). The van der Waals surface area contributed by atoms with Crippen molar-refractivity contribution in [3.8, 4) is 17.2 Å². The molecule has 0 radical (unpaired) electrons. The van der Waals surface area contributed by atoms with Crippen LogP contribution in [0, 0.1) is 10.1 Å². The van der Waals surface area contributed by atoms with Gasteiger partial charge >= 0.3 is 5.97 Å². The lowest BCUT2D eigenvalue weighted by Gasteiger charge is -2.04. The average Bonchev–Trinajstić information content (AvgIpc) is 2.87. The molecule has 0 amide bonds. The summed E-state index contributed by atoms with van der Waals surface area (Å²) in [7, 11) is 1.34. The number of nitro groups is 1. The van der Waals surface area contributed by atoms with Gasteiger partial charge in [0, 0.05) is 6.07 Å².